The van der Waals surface area contributed by atoms with Crippen molar-refractivity contribution >= 4 is 0 Å². The van der Waals surface area contributed by atoms with Gasteiger partial charge in [-0.1, -0.05) is 26.8 Å². The van der Waals surface area contributed by atoms with Gasteiger partial charge in [0.1, 0.15) is 0 Å². The van der Waals surface area contributed by atoms with Gasteiger partial charge in [0.25, 0.3) is 0 Å². The second-order valence-corrected chi connectivity index (χ2v) is 1.17. The van der Waals surface area contributed by atoms with Crippen molar-refractivity contribution in [2.75, 3.05) is 6.54 Å². The van der Waals surface area contributed by atoms with E-state index in [1.807, 2.05) is 20.8 Å². The van der Waals surface area contributed by atoms with Crippen LogP contribution in [-0.4, -0.2) is 6.54 Å². The first-order chi connectivity index (χ1) is 4.31. The molecule has 0 bridgehead atoms. The molecule has 2 heteroatoms. The molecule has 0 aromatic carbocycles. The number of nitrogens with zero attached hydrogens (tertiary/aromatic N) is 1. The van der Waals surface area contributed by atoms with Gasteiger partial charge in [0.05, 0.1) is 0 Å². The molecule has 0 fully saturated rings. The summed E-state index contributed by atoms with van der Waals surface area (Å²) in [6.07, 6.45) is 1.64. The molecule has 0 rings (SSSR count). The second-order valence-electron chi connectivity index (χ2n) is 1.17. The zero-order chi connectivity index (χ0) is 7.70. The molecule has 0 unspecified atom stereocenters. The van der Waals surface area contributed by atoms with Gasteiger partial charge in [0.15, 0.2) is 0 Å². The van der Waals surface area contributed by atoms with E-state index < -0.39 is 0 Å². The van der Waals surface area contributed by atoms with Crippen LogP contribution in [0.2, 0.25) is 0 Å². The van der Waals surface area contributed by atoms with Crippen LogP contribution in [0.15, 0.2) is 24.9 Å². The SMILES string of the molecule is C=CC(=C)[N-]CC.CC.[K+]. The van der Waals surface area contributed by atoms with Gasteiger partial charge in [-0.15, -0.1) is 25.4 Å². The van der Waals surface area contributed by atoms with Crippen LogP contribution in [0.5, 0.6) is 0 Å². The van der Waals surface area contributed by atoms with E-state index in [1.165, 1.54) is 0 Å². The topological polar surface area (TPSA) is 14.1 Å². The van der Waals surface area contributed by atoms with Crippen LogP contribution in [-0.2, 0) is 0 Å². The molecule has 1 nitrogen and oxygen atoms in total. The van der Waals surface area contributed by atoms with E-state index in [-0.39, 0.29) is 51.4 Å². The number of allylic oxidation sites excluding steroid dienone is 1. The zero-order valence-corrected chi connectivity index (χ0v) is 10.8. The monoisotopic (exact) mass is 165 g/mol. The average Bonchev–Trinajstić information content (AvgIpc) is 1.93. The van der Waals surface area contributed by atoms with Crippen LogP contribution in [0.3, 0.4) is 0 Å². The Morgan fingerprint density at radius 1 is 1.50 bits per heavy atom. The number of hydrogen-bond acceptors (Lipinski definition) is 0. The first kappa shape index (κ1) is 17.1. The van der Waals surface area contributed by atoms with Gasteiger partial charge in [0.2, 0.25) is 0 Å². The molecule has 0 atom stereocenters. The van der Waals surface area contributed by atoms with Gasteiger partial charge in [-0.2, -0.15) is 0 Å². The van der Waals surface area contributed by atoms with Crippen molar-refractivity contribution in [3.63, 3.8) is 0 Å². The van der Waals surface area contributed by atoms with Crippen molar-refractivity contribution in [1.29, 1.82) is 0 Å². The van der Waals surface area contributed by atoms with E-state index in [9.17, 15) is 0 Å². The molecule has 0 saturated carbocycles. The Morgan fingerprint density at radius 2 is 1.90 bits per heavy atom. The minimum Gasteiger partial charge on any atom is -0.685 e. The van der Waals surface area contributed by atoms with Crippen molar-refractivity contribution < 1.29 is 51.4 Å². The van der Waals surface area contributed by atoms with Crippen molar-refractivity contribution in [2.45, 2.75) is 20.8 Å². The normalized spacial score (nSPS) is 5.90. The van der Waals surface area contributed by atoms with Crippen LogP contribution >= 0.6 is 0 Å². The van der Waals surface area contributed by atoms with Crippen LogP contribution < -0.4 is 51.4 Å². The van der Waals surface area contributed by atoms with Crippen molar-refractivity contribution in [2.24, 2.45) is 0 Å². The van der Waals surface area contributed by atoms with Gasteiger partial charge in [0, 0.05) is 0 Å². The molecule has 0 aliphatic carbocycles. The van der Waals surface area contributed by atoms with Crippen LogP contribution in [0.25, 0.3) is 5.32 Å². The van der Waals surface area contributed by atoms with Crippen LogP contribution in [0.1, 0.15) is 20.8 Å². The maximum Gasteiger partial charge on any atom is 1.00 e. The van der Waals surface area contributed by atoms with Crippen molar-refractivity contribution in [3.8, 4) is 0 Å². The summed E-state index contributed by atoms with van der Waals surface area (Å²) < 4.78 is 0. The van der Waals surface area contributed by atoms with E-state index in [0.29, 0.717) is 0 Å². The summed E-state index contributed by atoms with van der Waals surface area (Å²) >= 11 is 0. The predicted molar refractivity (Wildman–Crippen MR) is 44.6 cm³/mol. The first-order valence-corrected chi connectivity index (χ1v) is 3.30. The van der Waals surface area contributed by atoms with Crippen LogP contribution in [0.4, 0.5) is 0 Å². The second kappa shape index (κ2) is 16.5. The summed E-state index contributed by atoms with van der Waals surface area (Å²) in [4.78, 5) is 0. The molecule has 0 radical (unpaired) electrons. The molecule has 0 aromatic heterocycles. The zero-order valence-electron chi connectivity index (χ0n) is 7.65. The molecule has 0 saturated heterocycles. The summed E-state index contributed by atoms with van der Waals surface area (Å²) in [6, 6.07) is 0. The fourth-order valence-corrected chi connectivity index (χ4v) is 0.268. The molecule has 0 spiro atoms. The Morgan fingerprint density at radius 3 is 2.00 bits per heavy atom. The third kappa shape index (κ3) is 16.0. The quantitative estimate of drug-likeness (QED) is 0.416. The van der Waals surface area contributed by atoms with Gasteiger partial charge < -0.3 is 5.32 Å². The minimum atomic E-state index is 0. The van der Waals surface area contributed by atoms with E-state index in [2.05, 4.69) is 18.5 Å². The third-order valence-electron chi connectivity index (χ3n) is 0.597. The summed E-state index contributed by atoms with van der Waals surface area (Å²) in [5, 5.41) is 3.93. The minimum absolute atomic E-state index is 0. The fourth-order valence-electron chi connectivity index (χ4n) is 0.268. The Balaban J connectivity index is -0.000000149. The smallest absolute Gasteiger partial charge is 0.685 e. The Hall–Kier alpha value is 0.916. The third-order valence-corrected chi connectivity index (χ3v) is 0.597. The number of likely N-dealkylation sites (N-methyl/N-ethyl adjacent to an activating group) is 1. The molecule has 0 N–H and O–H groups in total. The van der Waals surface area contributed by atoms with Gasteiger partial charge in [-0.25, -0.2) is 0 Å². The maximum atomic E-state index is 3.93. The van der Waals surface area contributed by atoms with Gasteiger partial charge in [-0.05, 0) is 0 Å². The average molecular weight is 165 g/mol. The fraction of sp³-hybridized carbons (Fsp3) is 0.500. The maximum absolute atomic E-state index is 3.93. The molecular weight excluding hydrogens is 149 g/mol. The van der Waals surface area contributed by atoms with Gasteiger partial charge >= 0.3 is 51.4 Å². The Kier molecular flexibility index (Phi) is 28.2. The first-order valence-electron chi connectivity index (χ1n) is 3.30. The van der Waals surface area contributed by atoms with E-state index >= 15 is 0 Å². The molecule has 0 amide bonds. The van der Waals surface area contributed by atoms with E-state index in [1.54, 1.807) is 6.08 Å². The molecular formula is C8H16KN. The van der Waals surface area contributed by atoms with Crippen molar-refractivity contribution in [3.05, 3.63) is 30.2 Å². The standard InChI is InChI=1S/C6H10N.C2H6.K/c1-4-6(3)7-5-2;1-2;/h4H,1,3,5H2,2H3;1-2H3;/q-1;;+1. The molecule has 0 aromatic rings. The summed E-state index contributed by atoms with van der Waals surface area (Å²) in [5.74, 6) is 0. The Labute approximate surface area is 107 Å². The Bertz CT molecular complexity index is 79.3. The number of rotatable bonds is 3. The summed E-state index contributed by atoms with van der Waals surface area (Å²) in [6.45, 7) is 13.8. The van der Waals surface area contributed by atoms with E-state index in [0.717, 1.165) is 12.2 Å². The van der Waals surface area contributed by atoms with Gasteiger partial charge in [-0.3, -0.25) is 0 Å². The van der Waals surface area contributed by atoms with E-state index in [4.69, 9.17) is 0 Å². The molecule has 54 valence electrons. The molecule has 0 heterocycles. The number of hydrogen-bond donors (Lipinski definition) is 0. The summed E-state index contributed by atoms with van der Waals surface area (Å²) in [5.41, 5.74) is 0.766. The molecule has 10 heavy (non-hydrogen) atoms. The van der Waals surface area contributed by atoms with Crippen molar-refractivity contribution in [1.82, 2.24) is 0 Å². The summed E-state index contributed by atoms with van der Waals surface area (Å²) in [7, 11) is 0. The molecule has 0 aliphatic heterocycles. The predicted octanol–water partition coefficient (Wildman–Crippen LogP) is 0.110. The van der Waals surface area contributed by atoms with Crippen LogP contribution in [0, 0.1) is 0 Å². The largest absolute Gasteiger partial charge is 1.00 e. The molecule has 0 aliphatic rings.